The van der Waals surface area contributed by atoms with Gasteiger partial charge in [0, 0.05) is 19.2 Å². The minimum absolute atomic E-state index is 0.0417. The van der Waals surface area contributed by atoms with Crippen LogP contribution in [0.1, 0.15) is 27.2 Å². The third-order valence-electron chi connectivity index (χ3n) is 1.74. The predicted octanol–water partition coefficient (Wildman–Crippen LogP) is 2.00. The smallest absolute Gasteiger partial charge is 0.184 e. The maximum absolute atomic E-state index is 10.5. The van der Waals surface area contributed by atoms with Gasteiger partial charge in [-0.1, -0.05) is 6.92 Å². The van der Waals surface area contributed by atoms with Gasteiger partial charge in [0.25, 0.3) is 0 Å². The van der Waals surface area contributed by atoms with Crippen molar-refractivity contribution in [1.29, 1.82) is 0 Å². The van der Waals surface area contributed by atoms with Crippen molar-refractivity contribution < 1.29 is 9.59 Å². The Morgan fingerprint density at radius 2 is 2.13 bits per heavy atom. The average Bonchev–Trinajstić information content (AvgIpc) is 2.70. The highest BCUT2D eigenvalue weighted by Gasteiger charge is 2.09. The van der Waals surface area contributed by atoms with E-state index in [9.17, 15) is 9.59 Å². The van der Waals surface area contributed by atoms with Crippen molar-refractivity contribution in [3.8, 4) is 0 Å². The summed E-state index contributed by atoms with van der Waals surface area (Å²) >= 11 is 5.53. The Kier molecular flexibility index (Phi) is 7.78. The maximum atomic E-state index is 10.5. The molecule has 0 amide bonds. The van der Waals surface area contributed by atoms with Crippen molar-refractivity contribution in [1.82, 2.24) is 0 Å². The van der Waals surface area contributed by atoms with Crippen LogP contribution in [0, 0.1) is 0 Å². The number of aliphatic imine (C=N–C) groups is 1. The number of hydrogen-bond donors (Lipinski definition) is 1. The molecule has 0 radical (unpaired) electrons. The quantitative estimate of drug-likeness (QED) is 0.776. The lowest BCUT2D eigenvalue weighted by atomic mass is 10.2. The van der Waals surface area contributed by atoms with Crippen LogP contribution in [0.15, 0.2) is 4.99 Å². The van der Waals surface area contributed by atoms with E-state index in [0.29, 0.717) is 5.04 Å². The minimum atomic E-state index is -0.0417. The molecule has 1 rings (SSSR count). The minimum Gasteiger partial charge on any atom is -0.299 e. The maximum Gasteiger partial charge on any atom is 0.184 e. The Labute approximate surface area is 101 Å². The highest BCUT2D eigenvalue weighted by atomic mass is 32.2. The number of nitrogens with zero attached hydrogens (tertiary/aromatic N) is 1. The van der Waals surface area contributed by atoms with E-state index in [1.54, 1.807) is 25.6 Å². The van der Waals surface area contributed by atoms with Crippen molar-refractivity contribution in [2.75, 3.05) is 12.3 Å². The van der Waals surface area contributed by atoms with E-state index < -0.39 is 0 Å². The second-order valence-corrected chi connectivity index (χ2v) is 4.83. The molecule has 15 heavy (non-hydrogen) atoms. The third-order valence-corrected chi connectivity index (χ3v) is 3.55. The summed E-state index contributed by atoms with van der Waals surface area (Å²) in [5, 5.41) is 0.657. The number of carbonyl (C=O) groups excluding carboxylic acids is 2. The van der Waals surface area contributed by atoms with Gasteiger partial charge >= 0.3 is 0 Å². The van der Waals surface area contributed by atoms with E-state index in [4.69, 9.17) is 0 Å². The van der Waals surface area contributed by atoms with Crippen LogP contribution in [-0.2, 0) is 9.59 Å². The second-order valence-electron chi connectivity index (χ2n) is 3.13. The summed E-state index contributed by atoms with van der Waals surface area (Å²) in [4.78, 5) is 24.8. The monoisotopic (exact) mass is 247 g/mol. The third kappa shape index (κ3) is 6.73. The van der Waals surface area contributed by atoms with Gasteiger partial charge in [0.2, 0.25) is 0 Å². The first-order chi connectivity index (χ1) is 6.99. The van der Waals surface area contributed by atoms with E-state index >= 15 is 0 Å². The van der Waals surface area contributed by atoms with Crippen molar-refractivity contribution in [2.24, 2.45) is 4.99 Å². The molecule has 1 aliphatic heterocycles. The molecule has 0 aromatic heterocycles. The molecule has 0 saturated carbocycles. The Bertz CT molecular complexity index is 264. The molecule has 0 fully saturated rings. The van der Waals surface area contributed by atoms with Crippen LogP contribution in [0.5, 0.6) is 0 Å². The Balaban J connectivity index is 0.000000265. The first kappa shape index (κ1) is 14.7. The van der Waals surface area contributed by atoms with Gasteiger partial charge in [-0.25, -0.2) is 0 Å². The van der Waals surface area contributed by atoms with E-state index in [1.165, 1.54) is 0 Å². The number of thioether (sulfide) groups is 1. The van der Waals surface area contributed by atoms with Gasteiger partial charge in [-0.3, -0.25) is 14.6 Å². The molecule has 1 atom stereocenters. The van der Waals surface area contributed by atoms with Gasteiger partial charge < -0.3 is 0 Å². The molecule has 0 aromatic carbocycles. The standard InChI is InChI=1S/C5H7NOS.C5H10OS/c1-4(7)5-6-2-3-8-5;1-3-5(7)4(2)6/h2-3H2,1H3;5,7H,3H2,1-2H3. The molecular formula is C10H17NO2S2. The van der Waals surface area contributed by atoms with Crippen LogP contribution in [0.3, 0.4) is 0 Å². The molecule has 3 nitrogen and oxygen atoms in total. The number of ketones is 2. The SMILES string of the molecule is CC(=O)C1=NCCS1.CCC(S)C(C)=O. The zero-order chi connectivity index (χ0) is 11.8. The molecule has 0 aromatic rings. The van der Waals surface area contributed by atoms with E-state index in [2.05, 4.69) is 17.6 Å². The normalized spacial score (nSPS) is 16.1. The molecule has 0 aliphatic carbocycles. The summed E-state index contributed by atoms with van der Waals surface area (Å²) in [5.74, 6) is 1.24. The van der Waals surface area contributed by atoms with Crippen LogP contribution in [0.2, 0.25) is 0 Å². The van der Waals surface area contributed by atoms with Gasteiger partial charge in [0.05, 0.1) is 5.25 Å². The van der Waals surface area contributed by atoms with Crippen LogP contribution in [-0.4, -0.2) is 34.2 Å². The van der Waals surface area contributed by atoms with E-state index in [-0.39, 0.29) is 16.8 Å². The zero-order valence-electron chi connectivity index (χ0n) is 9.32. The van der Waals surface area contributed by atoms with Gasteiger partial charge in [0.15, 0.2) is 5.78 Å². The number of carbonyl (C=O) groups is 2. The topological polar surface area (TPSA) is 46.5 Å². The van der Waals surface area contributed by atoms with Crippen molar-refractivity contribution in [3.05, 3.63) is 0 Å². The first-order valence-electron chi connectivity index (χ1n) is 4.85. The molecular weight excluding hydrogens is 230 g/mol. The highest BCUT2D eigenvalue weighted by molar-refractivity contribution is 8.16. The van der Waals surface area contributed by atoms with Crippen molar-refractivity contribution >= 4 is 41.0 Å². The molecule has 86 valence electrons. The van der Waals surface area contributed by atoms with Gasteiger partial charge in [-0.2, -0.15) is 12.6 Å². The van der Waals surface area contributed by atoms with Gasteiger partial charge in [-0.05, 0) is 13.3 Å². The molecule has 0 spiro atoms. The summed E-state index contributed by atoms with van der Waals surface area (Å²) < 4.78 is 0. The number of Topliss-reactive ketones (excluding diaryl/α,β-unsaturated/α-hetero) is 2. The summed E-state index contributed by atoms with van der Waals surface area (Å²) in [6.45, 7) is 5.87. The van der Waals surface area contributed by atoms with Crippen molar-refractivity contribution in [3.63, 3.8) is 0 Å². The van der Waals surface area contributed by atoms with Crippen LogP contribution in [0.25, 0.3) is 0 Å². The molecule has 1 aliphatic rings. The molecule has 5 heteroatoms. The summed E-state index contributed by atoms with van der Waals surface area (Å²) in [5.41, 5.74) is 0. The first-order valence-corrected chi connectivity index (χ1v) is 6.36. The lowest BCUT2D eigenvalue weighted by Crippen LogP contribution is -2.07. The Morgan fingerprint density at radius 1 is 1.53 bits per heavy atom. The zero-order valence-corrected chi connectivity index (χ0v) is 11.0. The second kappa shape index (κ2) is 7.93. The molecule has 0 N–H and O–H groups in total. The summed E-state index contributed by atoms with van der Waals surface area (Å²) in [6.07, 6.45) is 0.832. The number of rotatable bonds is 3. The molecule has 1 heterocycles. The summed E-state index contributed by atoms with van der Waals surface area (Å²) in [7, 11) is 0. The fraction of sp³-hybridized carbons (Fsp3) is 0.700. The number of thiol groups is 1. The molecule has 1 unspecified atom stereocenters. The largest absolute Gasteiger partial charge is 0.299 e. The predicted molar refractivity (Wildman–Crippen MR) is 69.2 cm³/mol. The Hall–Kier alpha value is -0.290. The fourth-order valence-corrected chi connectivity index (χ4v) is 1.60. The van der Waals surface area contributed by atoms with Crippen molar-refractivity contribution in [2.45, 2.75) is 32.4 Å². The Morgan fingerprint density at radius 3 is 2.27 bits per heavy atom. The lowest BCUT2D eigenvalue weighted by Gasteiger charge is -1.97. The van der Waals surface area contributed by atoms with E-state index in [1.807, 2.05) is 6.92 Å². The molecule has 0 saturated heterocycles. The lowest BCUT2D eigenvalue weighted by molar-refractivity contribution is -0.116. The van der Waals surface area contributed by atoms with Crippen LogP contribution < -0.4 is 0 Å². The number of hydrogen-bond acceptors (Lipinski definition) is 5. The van der Waals surface area contributed by atoms with Gasteiger partial charge in [-0.15, -0.1) is 11.8 Å². The van der Waals surface area contributed by atoms with Crippen LogP contribution >= 0.6 is 24.4 Å². The van der Waals surface area contributed by atoms with Crippen LogP contribution in [0.4, 0.5) is 0 Å². The van der Waals surface area contributed by atoms with Gasteiger partial charge in [0.1, 0.15) is 10.8 Å². The average molecular weight is 247 g/mol. The highest BCUT2D eigenvalue weighted by Crippen LogP contribution is 2.11. The van der Waals surface area contributed by atoms with E-state index in [0.717, 1.165) is 18.7 Å². The molecule has 0 bridgehead atoms. The fourth-order valence-electron chi connectivity index (χ4n) is 0.836. The summed E-state index contributed by atoms with van der Waals surface area (Å²) in [6, 6.07) is 0.